The average molecular weight is 310 g/mol. The van der Waals surface area contributed by atoms with Gasteiger partial charge in [0.2, 0.25) is 14.5 Å². The second kappa shape index (κ2) is 6.07. The Kier molecular flexibility index (Phi) is 4.42. The van der Waals surface area contributed by atoms with Crippen LogP contribution in [-0.2, 0) is 14.6 Å². The summed E-state index contributed by atoms with van der Waals surface area (Å²) in [5.74, 6) is -0.776. The highest BCUT2D eigenvalue weighted by molar-refractivity contribution is 7.94. The summed E-state index contributed by atoms with van der Waals surface area (Å²) in [6.07, 6.45) is 0. The number of carbonyl (C=O) groups excluding carboxylic acids is 1. The minimum atomic E-state index is -3.90. The van der Waals surface area contributed by atoms with Gasteiger partial charge in [0.15, 0.2) is 0 Å². The number of anilines is 1. The Morgan fingerprint density at radius 2 is 1.45 bits per heavy atom. The van der Waals surface area contributed by atoms with Gasteiger partial charge in [-0.1, -0.05) is 48.0 Å². The van der Waals surface area contributed by atoms with E-state index in [1.165, 1.54) is 12.1 Å². The van der Waals surface area contributed by atoms with Gasteiger partial charge in [0.25, 0.3) is 5.91 Å². The fraction of sp³-hybridized carbons (Fsp3) is 0.0714. The Morgan fingerprint density at radius 1 is 0.950 bits per heavy atom. The van der Waals surface area contributed by atoms with Gasteiger partial charge in [-0.05, 0) is 24.3 Å². The fourth-order valence-corrected chi connectivity index (χ4v) is 3.07. The molecule has 2 rings (SSSR count). The molecule has 0 radical (unpaired) electrons. The maximum atomic E-state index is 12.2. The van der Waals surface area contributed by atoms with E-state index in [0.29, 0.717) is 5.69 Å². The average Bonchev–Trinajstić information content (AvgIpc) is 2.48. The zero-order chi connectivity index (χ0) is 14.6. The number of benzene rings is 2. The molecule has 1 atom stereocenters. The molecule has 0 fully saturated rings. The molecule has 1 amide bonds. The number of para-hydroxylation sites is 1. The Morgan fingerprint density at radius 3 is 2.00 bits per heavy atom. The molecule has 0 heterocycles. The van der Waals surface area contributed by atoms with Gasteiger partial charge in [-0.25, -0.2) is 8.42 Å². The summed E-state index contributed by atoms with van der Waals surface area (Å²) in [5.41, 5.74) is 0.492. The number of alkyl halides is 1. The number of carbonyl (C=O) groups is 1. The molecule has 0 saturated carbocycles. The first-order chi connectivity index (χ1) is 9.51. The zero-order valence-corrected chi connectivity index (χ0v) is 11.9. The first kappa shape index (κ1) is 14.6. The van der Waals surface area contributed by atoms with Crippen molar-refractivity contribution < 1.29 is 13.2 Å². The van der Waals surface area contributed by atoms with Crippen molar-refractivity contribution in [1.82, 2.24) is 0 Å². The summed E-state index contributed by atoms with van der Waals surface area (Å²) >= 11 is 5.81. The normalized spacial score (nSPS) is 12.7. The predicted molar refractivity (Wildman–Crippen MR) is 78.3 cm³/mol. The van der Waals surface area contributed by atoms with Crippen molar-refractivity contribution in [3.05, 3.63) is 60.7 Å². The quantitative estimate of drug-likeness (QED) is 0.883. The molecule has 4 nitrogen and oxygen atoms in total. The number of hydrogen-bond acceptors (Lipinski definition) is 3. The van der Waals surface area contributed by atoms with Crippen LogP contribution in [0, 0.1) is 0 Å². The van der Waals surface area contributed by atoms with Crippen LogP contribution in [0.4, 0.5) is 5.69 Å². The molecule has 0 aromatic heterocycles. The molecule has 1 N–H and O–H groups in total. The molecule has 0 aliphatic carbocycles. The minimum Gasteiger partial charge on any atom is -0.324 e. The van der Waals surface area contributed by atoms with Crippen molar-refractivity contribution in [2.45, 2.75) is 9.60 Å². The summed E-state index contributed by atoms with van der Waals surface area (Å²) in [4.78, 5) is 11.9. The third-order valence-corrected chi connectivity index (χ3v) is 5.18. The molecule has 0 spiro atoms. The molecule has 20 heavy (non-hydrogen) atoms. The van der Waals surface area contributed by atoms with Crippen molar-refractivity contribution in [3.63, 3.8) is 0 Å². The summed E-state index contributed by atoms with van der Waals surface area (Å²) in [7, 11) is -3.90. The van der Waals surface area contributed by atoms with Crippen LogP contribution in [0.25, 0.3) is 0 Å². The third-order valence-electron chi connectivity index (χ3n) is 2.59. The smallest absolute Gasteiger partial charge is 0.258 e. The maximum Gasteiger partial charge on any atom is 0.258 e. The van der Waals surface area contributed by atoms with Crippen molar-refractivity contribution >= 4 is 33.0 Å². The van der Waals surface area contributed by atoms with Gasteiger partial charge in [0.1, 0.15) is 0 Å². The van der Waals surface area contributed by atoms with Crippen molar-refractivity contribution in [2.75, 3.05) is 5.32 Å². The van der Waals surface area contributed by atoms with E-state index in [1.807, 2.05) is 0 Å². The molecule has 104 valence electrons. The van der Waals surface area contributed by atoms with Gasteiger partial charge < -0.3 is 5.32 Å². The summed E-state index contributed by atoms with van der Waals surface area (Å²) < 4.78 is 22.7. The molecule has 0 aliphatic rings. The van der Waals surface area contributed by atoms with E-state index in [1.54, 1.807) is 48.5 Å². The first-order valence-electron chi connectivity index (χ1n) is 5.81. The number of nitrogens with one attached hydrogen (secondary N) is 1. The third kappa shape index (κ3) is 3.18. The molecule has 0 saturated heterocycles. The molecule has 6 heteroatoms. The Bertz CT molecular complexity index is 687. The number of hydrogen-bond donors (Lipinski definition) is 1. The molecule has 1 unspecified atom stereocenters. The van der Waals surface area contributed by atoms with E-state index in [9.17, 15) is 13.2 Å². The number of sulfone groups is 1. The van der Waals surface area contributed by atoms with E-state index in [4.69, 9.17) is 11.6 Å². The SMILES string of the molecule is O=C(Nc1ccccc1)C(Cl)S(=O)(=O)c1ccccc1. The highest BCUT2D eigenvalue weighted by Crippen LogP contribution is 2.20. The lowest BCUT2D eigenvalue weighted by Gasteiger charge is -2.11. The van der Waals surface area contributed by atoms with Gasteiger partial charge in [0, 0.05) is 5.69 Å². The van der Waals surface area contributed by atoms with E-state index < -0.39 is 20.5 Å². The largest absolute Gasteiger partial charge is 0.324 e. The highest BCUT2D eigenvalue weighted by atomic mass is 35.5. The van der Waals surface area contributed by atoms with Crippen molar-refractivity contribution in [1.29, 1.82) is 0 Å². The number of amides is 1. The van der Waals surface area contributed by atoms with Crippen LogP contribution in [0.5, 0.6) is 0 Å². The first-order valence-corrected chi connectivity index (χ1v) is 7.79. The van der Waals surface area contributed by atoms with E-state index in [-0.39, 0.29) is 4.90 Å². The van der Waals surface area contributed by atoms with Crippen LogP contribution in [-0.4, -0.2) is 19.0 Å². The monoisotopic (exact) mass is 309 g/mol. The predicted octanol–water partition coefficient (Wildman–Crippen LogP) is 2.66. The minimum absolute atomic E-state index is 0.0169. The molecule has 0 bridgehead atoms. The van der Waals surface area contributed by atoms with Gasteiger partial charge in [-0.3, -0.25) is 4.79 Å². The number of halogens is 1. The lowest BCUT2D eigenvalue weighted by molar-refractivity contribution is -0.114. The van der Waals surface area contributed by atoms with Crippen LogP contribution >= 0.6 is 11.6 Å². The van der Waals surface area contributed by atoms with E-state index >= 15 is 0 Å². The lowest BCUT2D eigenvalue weighted by atomic mass is 10.3. The Hall–Kier alpha value is -1.85. The van der Waals surface area contributed by atoms with E-state index in [0.717, 1.165) is 0 Å². The summed E-state index contributed by atoms with van der Waals surface area (Å²) in [6, 6.07) is 16.2. The van der Waals surface area contributed by atoms with Crippen molar-refractivity contribution in [2.24, 2.45) is 0 Å². The van der Waals surface area contributed by atoms with Gasteiger partial charge >= 0.3 is 0 Å². The van der Waals surface area contributed by atoms with Crippen LogP contribution in [0.3, 0.4) is 0 Å². The van der Waals surface area contributed by atoms with Gasteiger partial charge in [0.05, 0.1) is 4.90 Å². The van der Waals surface area contributed by atoms with Crippen molar-refractivity contribution in [3.8, 4) is 0 Å². The summed E-state index contributed by atoms with van der Waals surface area (Å²) in [6.45, 7) is 0. The second-order valence-corrected chi connectivity index (χ2v) is 6.76. The van der Waals surface area contributed by atoms with Crippen LogP contribution in [0.15, 0.2) is 65.6 Å². The van der Waals surface area contributed by atoms with Crippen LogP contribution < -0.4 is 5.32 Å². The zero-order valence-electron chi connectivity index (χ0n) is 10.4. The van der Waals surface area contributed by atoms with Crippen LogP contribution in [0.1, 0.15) is 0 Å². The number of rotatable bonds is 4. The molecule has 2 aromatic rings. The van der Waals surface area contributed by atoms with Gasteiger partial charge in [-0.2, -0.15) is 0 Å². The maximum absolute atomic E-state index is 12.2. The van der Waals surface area contributed by atoms with Gasteiger partial charge in [-0.15, -0.1) is 0 Å². The molecule has 0 aliphatic heterocycles. The lowest BCUT2D eigenvalue weighted by Crippen LogP contribution is -2.30. The fourth-order valence-electron chi connectivity index (χ4n) is 1.59. The standard InChI is InChI=1S/C14H12ClNO3S/c15-13(14(17)16-11-7-3-1-4-8-11)20(18,19)12-9-5-2-6-10-12/h1-10,13H,(H,16,17). The van der Waals surface area contributed by atoms with Crippen LogP contribution in [0.2, 0.25) is 0 Å². The molecule has 2 aromatic carbocycles. The second-order valence-electron chi connectivity index (χ2n) is 4.03. The Labute approximate surface area is 122 Å². The topological polar surface area (TPSA) is 63.2 Å². The molecular formula is C14H12ClNO3S. The summed E-state index contributed by atoms with van der Waals surface area (Å²) in [5, 5.41) is 2.47. The molecular weight excluding hydrogens is 298 g/mol. The highest BCUT2D eigenvalue weighted by Gasteiger charge is 2.31. The van der Waals surface area contributed by atoms with E-state index in [2.05, 4.69) is 5.32 Å². The Balaban J connectivity index is 2.19.